The van der Waals surface area contributed by atoms with Gasteiger partial charge in [-0.1, -0.05) is 6.07 Å². The molecule has 3 heterocycles. The molecule has 5 rings (SSSR count). The number of carbonyl (C=O) groups is 1. The largest absolute Gasteiger partial charge is 0.350 e. The van der Waals surface area contributed by atoms with Crippen LogP contribution in [0.25, 0.3) is 21.0 Å². The molecular weight excluding hydrogens is 334 g/mol. The van der Waals surface area contributed by atoms with Crippen LogP contribution in [0.2, 0.25) is 0 Å². The van der Waals surface area contributed by atoms with Crippen LogP contribution in [-0.2, 0) is 19.9 Å². The molecule has 0 saturated carbocycles. The van der Waals surface area contributed by atoms with Crippen LogP contribution < -0.4 is 0 Å². The highest BCUT2D eigenvalue weighted by molar-refractivity contribution is 7.18. The summed E-state index contributed by atoms with van der Waals surface area (Å²) >= 11 is 3.29. The Morgan fingerprint density at radius 3 is 2.71 bits per heavy atom. The van der Waals surface area contributed by atoms with Gasteiger partial charge in [0, 0.05) is 23.3 Å². The van der Waals surface area contributed by atoms with Crippen LogP contribution in [0.4, 0.5) is 0 Å². The molecule has 2 nitrogen and oxygen atoms in total. The first-order chi connectivity index (χ1) is 11.8. The van der Waals surface area contributed by atoms with E-state index in [0.29, 0.717) is 0 Å². The van der Waals surface area contributed by atoms with E-state index in [2.05, 4.69) is 23.1 Å². The Morgan fingerprint density at radius 1 is 1.08 bits per heavy atom. The number of fused-ring (bicyclic) bond motifs is 6. The van der Waals surface area contributed by atoms with E-state index < -0.39 is 0 Å². The lowest BCUT2D eigenvalue weighted by Crippen LogP contribution is -2.05. The summed E-state index contributed by atoms with van der Waals surface area (Å²) in [6.07, 6.45) is 6.85. The van der Waals surface area contributed by atoms with Crippen molar-refractivity contribution in [2.24, 2.45) is 7.05 Å². The van der Waals surface area contributed by atoms with Crippen LogP contribution >= 0.6 is 22.7 Å². The molecule has 1 aliphatic rings. The molecule has 0 amide bonds. The second-order valence-electron chi connectivity index (χ2n) is 6.51. The summed E-state index contributed by atoms with van der Waals surface area (Å²) in [6, 6.07) is 6.12. The number of benzene rings is 1. The molecule has 0 bridgehead atoms. The molecular formula is C20H17NOS2. The Kier molecular flexibility index (Phi) is 3.19. The summed E-state index contributed by atoms with van der Waals surface area (Å²) in [6.45, 7) is 0. The highest BCUT2D eigenvalue weighted by Gasteiger charge is 2.25. The molecule has 0 atom stereocenters. The highest BCUT2D eigenvalue weighted by atomic mass is 32.1. The third-order valence-electron chi connectivity index (χ3n) is 5.14. The van der Waals surface area contributed by atoms with Gasteiger partial charge in [-0.05, 0) is 65.1 Å². The van der Waals surface area contributed by atoms with E-state index in [1.165, 1.54) is 56.3 Å². The number of aryl methyl sites for hydroxylation is 3. The number of ketones is 1. The zero-order valence-corrected chi connectivity index (χ0v) is 15.1. The van der Waals surface area contributed by atoms with Crippen molar-refractivity contribution < 1.29 is 4.79 Å². The molecule has 0 spiro atoms. The van der Waals surface area contributed by atoms with Gasteiger partial charge >= 0.3 is 0 Å². The van der Waals surface area contributed by atoms with E-state index in [-0.39, 0.29) is 5.78 Å². The summed E-state index contributed by atoms with van der Waals surface area (Å²) in [5.74, 6) is 0.154. The molecule has 0 N–H and O–H groups in total. The summed E-state index contributed by atoms with van der Waals surface area (Å²) in [7, 11) is 2.09. The quantitative estimate of drug-likeness (QED) is 0.433. The van der Waals surface area contributed by atoms with Gasteiger partial charge in [-0.25, -0.2) is 0 Å². The monoisotopic (exact) mass is 351 g/mol. The van der Waals surface area contributed by atoms with Gasteiger partial charge in [-0.15, -0.1) is 22.7 Å². The van der Waals surface area contributed by atoms with E-state index in [4.69, 9.17) is 0 Å². The first kappa shape index (κ1) is 14.4. The van der Waals surface area contributed by atoms with Gasteiger partial charge in [0.1, 0.15) is 0 Å². The maximum Gasteiger partial charge on any atom is 0.205 e. The number of hydrogen-bond donors (Lipinski definition) is 0. The van der Waals surface area contributed by atoms with E-state index in [1.807, 2.05) is 23.7 Å². The average Bonchev–Trinajstić information content (AvgIpc) is 3.34. The van der Waals surface area contributed by atoms with Gasteiger partial charge in [-0.2, -0.15) is 0 Å². The molecule has 120 valence electrons. The van der Waals surface area contributed by atoms with E-state index in [0.717, 1.165) is 23.3 Å². The van der Waals surface area contributed by atoms with Crippen molar-refractivity contribution in [3.8, 4) is 0 Å². The predicted molar refractivity (Wildman–Crippen MR) is 103 cm³/mol. The molecule has 0 aliphatic heterocycles. The Balaban J connectivity index is 1.91. The average molecular weight is 351 g/mol. The lowest BCUT2D eigenvalue weighted by atomic mass is 9.87. The van der Waals surface area contributed by atoms with Gasteiger partial charge in [0.2, 0.25) is 5.78 Å². The van der Waals surface area contributed by atoms with Crippen LogP contribution in [0.5, 0.6) is 0 Å². The maximum atomic E-state index is 13.1. The Labute approximate surface area is 148 Å². The van der Waals surface area contributed by atoms with Crippen molar-refractivity contribution in [3.05, 3.63) is 56.7 Å². The lowest BCUT2D eigenvalue weighted by molar-refractivity contribution is 0.104. The first-order valence-corrected chi connectivity index (χ1v) is 10.1. The number of nitrogens with zero attached hydrogens (tertiary/aromatic N) is 1. The third kappa shape index (κ3) is 1.90. The normalized spacial score (nSPS) is 14.4. The topological polar surface area (TPSA) is 22.0 Å². The number of carbonyl (C=O) groups excluding carboxylic acids is 1. The minimum Gasteiger partial charge on any atom is -0.350 e. The predicted octanol–water partition coefficient (Wildman–Crippen LogP) is 5.56. The smallest absolute Gasteiger partial charge is 0.205 e. The standard InChI is InChI=1S/C20H17NOS2/c1-21-11-15(19(22)16-7-4-9-23-16)17-18(21)13-6-3-2-5-12(13)14-8-10-24-20(14)17/h4,7-11H,2-3,5-6H2,1H3. The van der Waals surface area contributed by atoms with Crippen molar-refractivity contribution >= 4 is 49.4 Å². The molecule has 1 aliphatic carbocycles. The molecule has 0 fully saturated rings. The minimum atomic E-state index is 0.154. The number of rotatable bonds is 2. The number of hydrogen-bond acceptors (Lipinski definition) is 3. The van der Waals surface area contributed by atoms with Gasteiger partial charge in [-0.3, -0.25) is 4.79 Å². The molecule has 3 aromatic heterocycles. The Morgan fingerprint density at radius 2 is 1.92 bits per heavy atom. The van der Waals surface area contributed by atoms with Crippen molar-refractivity contribution in [2.45, 2.75) is 25.7 Å². The van der Waals surface area contributed by atoms with Crippen LogP contribution in [0.1, 0.15) is 39.2 Å². The van der Waals surface area contributed by atoms with Gasteiger partial charge in [0.25, 0.3) is 0 Å². The third-order valence-corrected chi connectivity index (χ3v) is 6.94. The van der Waals surface area contributed by atoms with Crippen LogP contribution in [-0.4, -0.2) is 10.4 Å². The van der Waals surface area contributed by atoms with Gasteiger partial charge < -0.3 is 4.57 Å². The Hall–Kier alpha value is -1.91. The SMILES string of the molecule is Cn1cc(C(=O)c2cccs2)c2c3sccc3c3c(c21)CCCC3. The maximum absolute atomic E-state index is 13.1. The zero-order valence-electron chi connectivity index (χ0n) is 13.5. The molecule has 4 heteroatoms. The molecule has 1 aromatic carbocycles. The summed E-state index contributed by atoms with van der Waals surface area (Å²) in [5, 5.41) is 6.68. The van der Waals surface area contributed by atoms with Crippen molar-refractivity contribution in [1.82, 2.24) is 4.57 Å². The van der Waals surface area contributed by atoms with Gasteiger partial charge in [0.15, 0.2) is 0 Å². The van der Waals surface area contributed by atoms with Gasteiger partial charge in [0.05, 0.1) is 16.0 Å². The molecule has 4 aromatic rings. The molecule has 0 radical (unpaired) electrons. The highest BCUT2D eigenvalue weighted by Crippen LogP contribution is 2.42. The van der Waals surface area contributed by atoms with E-state index in [1.54, 1.807) is 11.3 Å². The molecule has 0 unspecified atom stereocenters. The minimum absolute atomic E-state index is 0.154. The number of thiophene rings is 2. The summed E-state index contributed by atoms with van der Waals surface area (Å²) < 4.78 is 3.46. The van der Waals surface area contributed by atoms with Crippen molar-refractivity contribution in [2.75, 3.05) is 0 Å². The second kappa shape index (κ2) is 5.30. The first-order valence-electron chi connectivity index (χ1n) is 8.34. The fourth-order valence-corrected chi connectivity index (χ4v) is 5.80. The van der Waals surface area contributed by atoms with E-state index >= 15 is 0 Å². The fourth-order valence-electron chi connectivity index (χ4n) is 4.14. The molecule has 24 heavy (non-hydrogen) atoms. The van der Waals surface area contributed by atoms with Crippen molar-refractivity contribution in [3.63, 3.8) is 0 Å². The van der Waals surface area contributed by atoms with Crippen LogP contribution in [0, 0.1) is 0 Å². The fraction of sp³-hybridized carbons (Fsp3) is 0.250. The number of aromatic nitrogens is 1. The van der Waals surface area contributed by atoms with Crippen LogP contribution in [0.15, 0.2) is 35.2 Å². The zero-order chi connectivity index (χ0) is 16.3. The Bertz CT molecular complexity index is 1080. The second-order valence-corrected chi connectivity index (χ2v) is 8.38. The summed E-state index contributed by atoms with van der Waals surface area (Å²) in [5.41, 5.74) is 5.12. The van der Waals surface area contributed by atoms with Crippen molar-refractivity contribution in [1.29, 1.82) is 0 Å². The summed E-state index contributed by atoms with van der Waals surface area (Å²) in [4.78, 5) is 13.9. The van der Waals surface area contributed by atoms with E-state index in [9.17, 15) is 4.79 Å². The lowest BCUT2D eigenvalue weighted by Gasteiger charge is -2.19. The van der Waals surface area contributed by atoms with Crippen LogP contribution in [0.3, 0.4) is 0 Å². The molecule has 0 saturated heterocycles.